The molecular weight excluding hydrogens is 250 g/mol. The summed E-state index contributed by atoms with van der Waals surface area (Å²) in [6.07, 6.45) is 1.73. The molecule has 1 fully saturated rings. The molecule has 0 aromatic carbocycles. The summed E-state index contributed by atoms with van der Waals surface area (Å²) in [6.45, 7) is 1.21. The number of hydrogen-bond donors (Lipinski definition) is 1. The van der Waals surface area contributed by atoms with Gasteiger partial charge in [0.1, 0.15) is 6.10 Å². The van der Waals surface area contributed by atoms with E-state index in [9.17, 15) is 0 Å². The third kappa shape index (κ3) is 2.05. The van der Waals surface area contributed by atoms with E-state index in [-0.39, 0.29) is 12.7 Å². The van der Waals surface area contributed by atoms with Crippen LogP contribution in [0.4, 0.5) is 0 Å². The first-order valence-corrected chi connectivity index (χ1v) is 5.08. The maximum atomic E-state index is 9.01. The lowest BCUT2D eigenvalue weighted by Gasteiger charge is -2.26. The van der Waals surface area contributed by atoms with Crippen molar-refractivity contribution in [2.75, 3.05) is 13.2 Å². The number of aliphatic hydroxyl groups is 1. The zero-order valence-electron chi connectivity index (χ0n) is 7.44. The Labute approximate surface area is 90.0 Å². The van der Waals surface area contributed by atoms with E-state index < -0.39 is 0 Å². The molecule has 4 nitrogen and oxygen atoms in total. The van der Waals surface area contributed by atoms with Gasteiger partial charge in [-0.2, -0.15) is 0 Å². The molecule has 1 aliphatic heterocycles. The van der Waals surface area contributed by atoms with Crippen LogP contribution in [0.15, 0.2) is 16.7 Å². The third-order valence-corrected chi connectivity index (χ3v) is 2.69. The van der Waals surface area contributed by atoms with Crippen LogP contribution in [0.5, 0.6) is 5.88 Å². The fourth-order valence-electron chi connectivity index (χ4n) is 1.10. The minimum absolute atomic E-state index is 0.0272. The van der Waals surface area contributed by atoms with Gasteiger partial charge in [-0.15, -0.1) is 0 Å². The van der Waals surface area contributed by atoms with Gasteiger partial charge >= 0.3 is 0 Å². The summed E-state index contributed by atoms with van der Waals surface area (Å²) in [4.78, 5) is 4.07. The second-order valence-electron chi connectivity index (χ2n) is 3.05. The van der Waals surface area contributed by atoms with Gasteiger partial charge in [-0.05, 0) is 21.5 Å². The molecule has 2 rings (SSSR count). The molecule has 76 valence electrons. The lowest BCUT2D eigenvalue weighted by Crippen LogP contribution is -2.38. The molecule has 0 bridgehead atoms. The van der Waals surface area contributed by atoms with Gasteiger partial charge in [0, 0.05) is 16.7 Å². The number of aromatic nitrogens is 1. The average molecular weight is 260 g/mol. The van der Waals surface area contributed by atoms with Crippen LogP contribution in [-0.4, -0.2) is 29.4 Å². The fourth-order valence-corrected chi connectivity index (χ4v) is 1.44. The Balaban J connectivity index is 2.09. The molecule has 1 N–H and O–H groups in total. The SMILES string of the molecule is OCc1cc(OC2COC2)ncc1Br. The van der Waals surface area contributed by atoms with E-state index in [0.717, 1.165) is 10.0 Å². The molecule has 1 aromatic heterocycles. The number of pyridine rings is 1. The van der Waals surface area contributed by atoms with Gasteiger partial charge in [-0.25, -0.2) is 4.98 Å². The number of ether oxygens (including phenoxy) is 2. The first-order chi connectivity index (χ1) is 6.79. The van der Waals surface area contributed by atoms with E-state index in [1.807, 2.05) is 0 Å². The molecule has 1 saturated heterocycles. The first-order valence-electron chi connectivity index (χ1n) is 4.29. The molecule has 0 saturated carbocycles. The standard InChI is InChI=1S/C9H10BrNO3/c10-8-2-11-9(1-6(8)3-12)14-7-4-13-5-7/h1-2,7,12H,3-5H2. The van der Waals surface area contributed by atoms with Crippen LogP contribution in [0.1, 0.15) is 5.56 Å². The van der Waals surface area contributed by atoms with Crippen molar-refractivity contribution in [3.63, 3.8) is 0 Å². The first kappa shape index (κ1) is 9.89. The molecule has 0 aliphatic carbocycles. The maximum absolute atomic E-state index is 9.01. The molecular formula is C9H10BrNO3. The smallest absolute Gasteiger partial charge is 0.214 e. The Morgan fingerprint density at radius 3 is 3.00 bits per heavy atom. The fraction of sp³-hybridized carbons (Fsp3) is 0.444. The van der Waals surface area contributed by atoms with Crippen molar-refractivity contribution in [1.82, 2.24) is 4.98 Å². The quantitative estimate of drug-likeness (QED) is 0.884. The normalized spacial score (nSPS) is 16.4. The lowest BCUT2D eigenvalue weighted by molar-refractivity contribution is -0.0813. The summed E-state index contributed by atoms with van der Waals surface area (Å²) in [5.74, 6) is 0.533. The largest absolute Gasteiger partial charge is 0.469 e. The molecule has 1 aromatic rings. The van der Waals surface area contributed by atoms with Gasteiger partial charge in [0.25, 0.3) is 0 Å². The monoisotopic (exact) mass is 259 g/mol. The Hall–Kier alpha value is -0.650. The van der Waals surface area contributed by atoms with Crippen molar-refractivity contribution in [2.45, 2.75) is 12.7 Å². The minimum atomic E-state index is -0.0272. The highest BCUT2D eigenvalue weighted by Gasteiger charge is 2.20. The van der Waals surface area contributed by atoms with Crippen LogP contribution in [0.25, 0.3) is 0 Å². The van der Waals surface area contributed by atoms with Gasteiger partial charge in [-0.3, -0.25) is 0 Å². The highest BCUT2D eigenvalue weighted by Crippen LogP contribution is 2.21. The average Bonchev–Trinajstić information content (AvgIpc) is 2.14. The molecule has 14 heavy (non-hydrogen) atoms. The van der Waals surface area contributed by atoms with E-state index in [0.29, 0.717) is 19.1 Å². The maximum Gasteiger partial charge on any atom is 0.214 e. The zero-order valence-corrected chi connectivity index (χ0v) is 9.03. The Morgan fingerprint density at radius 1 is 1.64 bits per heavy atom. The Bertz CT molecular complexity index is 328. The van der Waals surface area contributed by atoms with Crippen LogP contribution in [0, 0.1) is 0 Å². The molecule has 1 aliphatic rings. The number of hydrogen-bond acceptors (Lipinski definition) is 4. The van der Waals surface area contributed by atoms with E-state index in [1.54, 1.807) is 12.3 Å². The highest BCUT2D eigenvalue weighted by atomic mass is 79.9. The summed E-state index contributed by atoms with van der Waals surface area (Å²) < 4.78 is 11.2. The van der Waals surface area contributed by atoms with Crippen molar-refractivity contribution < 1.29 is 14.6 Å². The number of aliphatic hydroxyl groups excluding tert-OH is 1. The molecule has 0 spiro atoms. The summed E-state index contributed by atoms with van der Waals surface area (Å²) in [5.41, 5.74) is 0.773. The Morgan fingerprint density at radius 2 is 2.43 bits per heavy atom. The van der Waals surface area contributed by atoms with Crippen molar-refractivity contribution in [1.29, 1.82) is 0 Å². The highest BCUT2D eigenvalue weighted by molar-refractivity contribution is 9.10. The van der Waals surface area contributed by atoms with Crippen LogP contribution in [0.3, 0.4) is 0 Å². The zero-order chi connectivity index (χ0) is 9.97. The molecule has 0 radical (unpaired) electrons. The molecule has 0 unspecified atom stereocenters. The van der Waals surface area contributed by atoms with E-state index in [2.05, 4.69) is 20.9 Å². The number of halogens is 1. The Kier molecular flexibility index (Phi) is 3.00. The van der Waals surface area contributed by atoms with Gasteiger partial charge in [0.05, 0.1) is 19.8 Å². The lowest BCUT2D eigenvalue weighted by atomic mass is 10.3. The van der Waals surface area contributed by atoms with E-state index in [4.69, 9.17) is 14.6 Å². The van der Waals surface area contributed by atoms with Crippen LogP contribution in [-0.2, 0) is 11.3 Å². The summed E-state index contributed by atoms with van der Waals surface area (Å²) >= 11 is 3.29. The molecule has 5 heteroatoms. The van der Waals surface area contributed by atoms with Gasteiger partial charge in [0.15, 0.2) is 0 Å². The van der Waals surface area contributed by atoms with Crippen molar-refractivity contribution in [3.8, 4) is 5.88 Å². The van der Waals surface area contributed by atoms with Crippen LogP contribution < -0.4 is 4.74 Å². The van der Waals surface area contributed by atoms with Crippen molar-refractivity contribution in [3.05, 3.63) is 22.3 Å². The summed E-state index contributed by atoms with van der Waals surface area (Å²) in [7, 11) is 0. The molecule has 0 atom stereocenters. The van der Waals surface area contributed by atoms with Crippen LogP contribution in [0.2, 0.25) is 0 Å². The van der Waals surface area contributed by atoms with Crippen molar-refractivity contribution in [2.24, 2.45) is 0 Å². The number of rotatable bonds is 3. The third-order valence-electron chi connectivity index (χ3n) is 1.97. The second-order valence-corrected chi connectivity index (χ2v) is 3.90. The topological polar surface area (TPSA) is 51.6 Å². The van der Waals surface area contributed by atoms with Gasteiger partial charge in [0.2, 0.25) is 5.88 Å². The van der Waals surface area contributed by atoms with E-state index >= 15 is 0 Å². The summed E-state index contributed by atoms with van der Waals surface area (Å²) in [5, 5.41) is 9.01. The predicted molar refractivity (Wildman–Crippen MR) is 53.1 cm³/mol. The van der Waals surface area contributed by atoms with Crippen LogP contribution >= 0.6 is 15.9 Å². The van der Waals surface area contributed by atoms with Crippen molar-refractivity contribution >= 4 is 15.9 Å². The molecule has 2 heterocycles. The summed E-state index contributed by atoms with van der Waals surface area (Å²) in [6, 6.07) is 1.72. The minimum Gasteiger partial charge on any atom is -0.469 e. The van der Waals surface area contributed by atoms with E-state index in [1.165, 1.54) is 0 Å². The second kappa shape index (κ2) is 4.25. The molecule has 0 amide bonds. The predicted octanol–water partition coefficient (Wildman–Crippen LogP) is 1.11. The number of nitrogens with zero attached hydrogens (tertiary/aromatic N) is 1. The van der Waals surface area contributed by atoms with Gasteiger partial charge in [-0.1, -0.05) is 0 Å². The van der Waals surface area contributed by atoms with Gasteiger partial charge < -0.3 is 14.6 Å².